The van der Waals surface area contributed by atoms with E-state index in [2.05, 4.69) is 22.0 Å². The molecule has 2 aliphatic rings. The van der Waals surface area contributed by atoms with Crippen molar-refractivity contribution in [1.29, 1.82) is 0 Å². The Labute approximate surface area is 196 Å². The summed E-state index contributed by atoms with van der Waals surface area (Å²) in [7, 11) is 1.72. The van der Waals surface area contributed by atoms with Crippen LogP contribution in [-0.2, 0) is 4.79 Å². The van der Waals surface area contributed by atoms with Crippen molar-refractivity contribution in [3.05, 3.63) is 77.1 Å². The third-order valence-corrected chi connectivity index (χ3v) is 6.87. The first-order chi connectivity index (χ1) is 16.1. The minimum absolute atomic E-state index is 0.132. The van der Waals surface area contributed by atoms with Gasteiger partial charge in [-0.25, -0.2) is 9.38 Å². The number of carbonyl (C=O) groups excluding carboxylic acids is 1. The standard InChI is InChI=1S/C26H24FN3O2S/c1-29-25(31)24(17-22-12-13-23(32-22)18-6-5-7-19(27)16-18)33-26(29)28-20-8-10-21(11-9-20)30-14-3-2-4-15-30/h5-13,16-17H,2-4,14-15H2,1H3/b24-17-,28-26?. The lowest BCUT2D eigenvalue weighted by molar-refractivity contribution is -0.121. The Bertz CT molecular complexity index is 1230. The molecule has 0 aliphatic carbocycles. The number of thioether (sulfide) groups is 1. The zero-order chi connectivity index (χ0) is 22.8. The predicted octanol–water partition coefficient (Wildman–Crippen LogP) is 6.31. The second-order valence-electron chi connectivity index (χ2n) is 8.15. The minimum Gasteiger partial charge on any atom is -0.457 e. The van der Waals surface area contributed by atoms with E-state index in [1.807, 2.05) is 12.1 Å². The van der Waals surface area contributed by atoms with Crippen LogP contribution >= 0.6 is 11.8 Å². The van der Waals surface area contributed by atoms with Crippen LogP contribution in [0.25, 0.3) is 17.4 Å². The fraction of sp³-hybridized carbons (Fsp3) is 0.231. The Balaban J connectivity index is 1.32. The molecule has 0 unspecified atom stereocenters. The van der Waals surface area contributed by atoms with Crippen LogP contribution in [0.2, 0.25) is 0 Å². The molecule has 5 nitrogen and oxygen atoms in total. The number of likely N-dealkylation sites (N-methyl/N-ethyl adjacent to an activating group) is 1. The van der Waals surface area contributed by atoms with Crippen LogP contribution in [0.3, 0.4) is 0 Å². The lowest BCUT2D eigenvalue weighted by Crippen LogP contribution is -2.29. The number of anilines is 1. The quantitative estimate of drug-likeness (QED) is 0.427. The Morgan fingerprint density at radius 2 is 1.82 bits per heavy atom. The number of halogens is 1. The number of hydrogen-bond acceptors (Lipinski definition) is 5. The molecular weight excluding hydrogens is 437 g/mol. The number of hydrogen-bond donors (Lipinski definition) is 0. The van der Waals surface area contributed by atoms with E-state index in [1.165, 1.54) is 48.8 Å². The number of furan rings is 1. The largest absolute Gasteiger partial charge is 0.457 e. The summed E-state index contributed by atoms with van der Waals surface area (Å²) in [5.41, 5.74) is 2.68. The zero-order valence-corrected chi connectivity index (χ0v) is 19.1. The number of amidine groups is 1. The zero-order valence-electron chi connectivity index (χ0n) is 18.3. The van der Waals surface area contributed by atoms with E-state index in [-0.39, 0.29) is 11.7 Å². The van der Waals surface area contributed by atoms with Crippen molar-refractivity contribution in [2.45, 2.75) is 19.3 Å². The highest BCUT2D eigenvalue weighted by Gasteiger charge is 2.30. The van der Waals surface area contributed by atoms with Crippen LogP contribution in [0.15, 0.2) is 75.0 Å². The van der Waals surface area contributed by atoms with Gasteiger partial charge in [0.15, 0.2) is 5.17 Å². The SMILES string of the molecule is CN1C(=O)/C(=C/c2ccc(-c3cccc(F)c3)o2)SC1=Nc1ccc(N2CCCCC2)cc1. The third-order valence-electron chi connectivity index (χ3n) is 5.81. The van der Waals surface area contributed by atoms with Crippen LogP contribution < -0.4 is 4.90 Å². The molecule has 2 fully saturated rings. The molecule has 2 aliphatic heterocycles. The normalized spacial score (nSPS) is 19.2. The number of benzene rings is 2. The number of nitrogens with zero attached hydrogens (tertiary/aromatic N) is 3. The number of amides is 1. The monoisotopic (exact) mass is 461 g/mol. The molecule has 0 atom stereocenters. The van der Waals surface area contributed by atoms with Crippen LogP contribution in [0.4, 0.5) is 15.8 Å². The number of rotatable bonds is 4. The maximum Gasteiger partial charge on any atom is 0.266 e. The average molecular weight is 462 g/mol. The Kier molecular flexibility index (Phi) is 6.05. The van der Waals surface area contributed by atoms with Crippen LogP contribution in [0, 0.1) is 5.82 Å². The molecule has 0 spiro atoms. The molecule has 0 N–H and O–H groups in total. The maximum absolute atomic E-state index is 13.5. The Morgan fingerprint density at radius 1 is 1.03 bits per heavy atom. The van der Waals surface area contributed by atoms with E-state index in [9.17, 15) is 9.18 Å². The summed E-state index contributed by atoms with van der Waals surface area (Å²) in [6.45, 7) is 2.20. The van der Waals surface area contributed by atoms with E-state index < -0.39 is 0 Å². The molecule has 168 valence electrons. The molecule has 0 bridgehead atoms. The van der Waals surface area contributed by atoms with Crippen molar-refractivity contribution < 1.29 is 13.6 Å². The van der Waals surface area contributed by atoms with Gasteiger partial charge in [-0.1, -0.05) is 12.1 Å². The molecule has 33 heavy (non-hydrogen) atoms. The van der Waals surface area contributed by atoms with Gasteiger partial charge in [-0.2, -0.15) is 0 Å². The summed E-state index contributed by atoms with van der Waals surface area (Å²) in [5, 5.41) is 0.619. The fourth-order valence-electron chi connectivity index (χ4n) is 4.01. The van der Waals surface area contributed by atoms with E-state index in [0.29, 0.717) is 27.2 Å². The van der Waals surface area contributed by atoms with Gasteiger partial charge < -0.3 is 9.32 Å². The minimum atomic E-state index is -0.322. The van der Waals surface area contributed by atoms with Crippen LogP contribution in [0.1, 0.15) is 25.0 Å². The molecule has 2 saturated heterocycles. The second-order valence-corrected chi connectivity index (χ2v) is 9.15. The summed E-state index contributed by atoms with van der Waals surface area (Å²) < 4.78 is 19.3. The topological polar surface area (TPSA) is 49.1 Å². The van der Waals surface area contributed by atoms with E-state index in [0.717, 1.165) is 18.8 Å². The average Bonchev–Trinajstić information content (AvgIpc) is 3.41. The number of aliphatic imine (C=N–C) groups is 1. The fourth-order valence-corrected chi connectivity index (χ4v) is 4.98. The highest BCUT2D eigenvalue weighted by Crippen LogP contribution is 2.34. The summed E-state index contributed by atoms with van der Waals surface area (Å²) in [6, 6.07) is 18.0. The van der Waals surface area contributed by atoms with Gasteiger partial charge in [0.2, 0.25) is 0 Å². The van der Waals surface area contributed by atoms with Crippen molar-refractivity contribution >= 4 is 40.3 Å². The van der Waals surface area contributed by atoms with Crippen molar-refractivity contribution in [2.75, 3.05) is 25.0 Å². The number of piperidine rings is 1. The first kappa shape index (κ1) is 21.5. The second kappa shape index (κ2) is 9.27. The Morgan fingerprint density at radius 3 is 2.58 bits per heavy atom. The molecule has 1 amide bonds. The molecule has 0 radical (unpaired) electrons. The van der Waals surface area contributed by atoms with Gasteiger partial charge >= 0.3 is 0 Å². The molecular formula is C26H24FN3O2S. The van der Waals surface area contributed by atoms with E-state index in [1.54, 1.807) is 42.3 Å². The summed E-state index contributed by atoms with van der Waals surface area (Å²) in [6.07, 6.45) is 5.48. The van der Waals surface area contributed by atoms with Crippen molar-refractivity contribution in [2.24, 2.45) is 4.99 Å². The molecule has 0 saturated carbocycles. The van der Waals surface area contributed by atoms with Gasteiger partial charge in [0.25, 0.3) is 5.91 Å². The smallest absolute Gasteiger partial charge is 0.266 e. The van der Waals surface area contributed by atoms with Gasteiger partial charge in [0.05, 0.1) is 10.6 Å². The Hall–Kier alpha value is -3.32. The molecule has 5 rings (SSSR count). The summed E-state index contributed by atoms with van der Waals surface area (Å²) >= 11 is 1.31. The first-order valence-corrected chi connectivity index (χ1v) is 11.9. The molecule has 3 heterocycles. The lowest BCUT2D eigenvalue weighted by atomic mass is 10.1. The molecule has 1 aromatic heterocycles. The van der Waals surface area contributed by atoms with Gasteiger partial charge in [-0.05, 0) is 79.6 Å². The lowest BCUT2D eigenvalue weighted by Gasteiger charge is -2.28. The van der Waals surface area contributed by atoms with Gasteiger partial charge in [-0.3, -0.25) is 9.69 Å². The first-order valence-electron chi connectivity index (χ1n) is 11.0. The van der Waals surface area contributed by atoms with E-state index >= 15 is 0 Å². The van der Waals surface area contributed by atoms with Crippen molar-refractivity contribution in [3.8, 4) is 11.3 Å². The van der Waals surface area contributed by atoms with Gasteiger partial charge in [-0.15, -0.1) is 0 Å². The molecule has 3 aromatic rings. The van der Waals surface area contributed by atoms with Crippen molar-refractivity contribution in [1.82, 2.24) is 4.90 Å². The van der Waals surface area contributed by atoms with Crippen LogP contribution in [-0.4, -0.2) is 36.1 Å². The summed E-state index contributed by atoms with van der Waals surface area (Å²) in [5.74, 6) is 0.627. The molecule has 7 heteroatoms. The van der Waals surface area contributed by atoms with Gasteiger partial charge in [0, 0.05) is 37.5 Å². The highest BCUT2D eigenvalue weighted by atomic mass is 32.2. The highest BCUT2D eigenvalue weighted by molar-refractivity contribution is 8.18. The summed E-state index contributed by atoms with van der Waals surface area (Å²) in [4.78, 5) is 21.9. The van der Waals surface area contributed by atoms with Crippen molar-refractivity contribution in [3.63, 3.8) is 0 Å². The number of carbonyl (C=O) groups is 1. The van der Waals surface area contributed by atoms with Crippen LogP contribution in [0.5, 0.6) is 0 Å². The van der Waals surface area contributed by atoms with E-state index in [4.69, 9.17) is 4.42 Å². The molecule has 2 aromatic carbocycles. The maximum atomic E-state index is 13.5. The van der Waals surface area contributed by atoms with Gasteiger partial charge in [0.1, 0.15) is 17.3 Å². The third kappa shape index (κ3) is 4.73. The predicted molar refractivity (Wildman–Crippen MR) is 132 cm³/mol.